The largest absolute Gasteiger partial charge is 0.370 e. The molecule has 0 aliphatic heterocycles. The molecular formula is C12H23N3. The molecular weight excluding hydrogens is 186 g/mol. The fourth-order valence-electron chi connectivity index (χ4n) is 2.49. The van der Waals surface area contributed by atoms with Crippen LogP contribution >= 0.6 is 0 Å². The van der Waals surface area contributed by atoms with E-state index in [2.05, 4.69) is 24.2 Å². The van der Waals surface area contributed by atoms with Gasteiger partial charge in [0.25, 0.3) is 0 Å². The van der Waals surface area contributed by atoms with Gasteiger partial charge in [0, 0.05) is 6.04 Å². The SMILES string of the molecule is CC1CCC(N=C(N)NC2CC2)C(C)C1. The molecule has 2 aliphatic carbocycles. The number of rotatable bonds is 2. The molecule has 3 unspecified atom stereocenters. The number of hydrogen-bond donors (Lipinski definition) is 2. The van der Waals surface area contributed by atoms with Crippen molar-refractivity contribution in [1.29, 1.82) is 0 Å². The van der Waals surface area contributed by atoms with E-state index in [1.54, 1.807) is 0 Å². The molecule has 15 heavy (non-hydrogen) atoms. The molecule has 0 amide bonds. The molecule has 0 spiro atoms. The van der Waals surface area contributed by atoms with Gasteiger partial charge in [-0.1, -0.05) is 13.8 Å². The summed E-state index contributed by atoms with van der Waals surface area (Å²) >= 11 is 0. The number of hydrogen-bond acceptors (Lipinski definition) is 1. The van der Waals surface area contributed by atoms with Gasteiger partial charge in [-0.3, -0.25) is 0 Å². The minimum atomic E-state index is 0.451. The maximum atomic E-state index is 5.88. The van der Waals surface area contributed by atoms with E-state index >= 15 is 0 Å². The van der Waals surface area contributed by atoms with Crippen molar-refractivity contribution in [2.45, 2.75) is 58.0 Å². The van der Waals surface area contributed by atoms with Crippen LogP contribution in [0, 0.1) is 11.8 Å². The highest BCUT2D eigenvalue weighted by molar-refractivity contribution is 5.78. The number of nitrogens with zero attached hydrogens (tertiary/aromatic N) is 1. The lowest BCUT2D eigenvalue weighted by molar-refractivity contribution is 0.264. The molecule has 86 valence electrons. The van der Waals surface area contributed by atoms with E-state index in [1.807, 2.05) is 0 Å². The lowest BCUT2D eigenvalue weighted by Crippen LogP contribution is -2.36. The van der Waals surface area contributed by atoms with Crippen LogP contribution in [0.15, 0.2) is 4.99 Å². The molecule has 2 rings (SSSR count). The first-order chi connectivity index (χ1) is 7.15. The molecule has 3 atom stereocenters. The third-order valence-corrected chi connectivity index (χ3v) is 3.62. The summed E-state index contributed by atoms with van der Waals surface area (Å²) in [5, 5.41) is 3.26. The fraction of sp³-hybridized carbons (Fsp3) is 0.917. The van der Waals surface area contributed by atoms with Gasteiger partial charge in [-0.2, -0.15) is 0 Å². The Kier molecular flexibility index (Phi) is 3.17. The number of aliphatic imine (C=N–C) groups is 1. The van der Waals surface area contributed by atoms with Gasteiger partial charge in [-0.15, -0.1) is 0 Å². The Balaban J connectivity index is 1.86. The number of nitrogens with two attached hydrogens (primary N) is 1. The van der Waals surface area contributed by atoms with Crippen LogP contribution in [0.5, 0.6) is 0 Å². The van der Waals surface area contributed by atoms with Crippen molar-refractivity contribution < 1.29 is 0 Å². The molecule has 2 aliphatic rings. The summed E-state index contributed by atoms with van der Waals surface area (Å²) in [5.74, 6) is 2.22. The molecule has 0 bridgehead atoms. The lowest BCUT2D eigenvalue weighted by Gasteiger charge is -2.30. The molecule has 3 heteroatoms. The van der Waals surface area contributed by atoms with Gasteiger partial charge in [-0.25, -0.2) is 4.99 Å². The molecule has 0 aromatic heterocycles. The van der Waals surface area contributed by atoms with Crippen molar-refractivity contribution in [2.75, 3.05) is 0 Å². The van der Waals surface area contributed by atoms with E-state index in [9.17, 15) is 0 Å². The van der Waals surface area contributed by atoms with Crippen molar-refractivity contribution in [2.24, 2.45) is 22.6 Å². The highest BCUT2D eigenvalue weighted by atomic mass is 15.1. The van der Waals surface area contributed by atoms with Crippen LogP contribution in [0.2, 0.25) is 0 Å². The quantitative estimate of drug-likeness (QED) is 0.539. The van der Waals surface area contributed by atoms with E-state index in [0.717, 1.165) is 5.92 Å². The topological polar surface area (TPSA) is 50.4 Å². The summed E-state index contributed by atoms with van der Waals surface area (Å²) in [5.41, 5.74) is 5.88. The van der Waals surface area contributed by atoms with Crippen LogP contribution in [-0.4, -0.2) is 18.0 Å². The Hall–Kier alpha value is -0.730. The fourth-order valence-corrected chi connectivity index (χ4v) is 2.49. The molecule has 0 heterocycles. The predicted octanol–water partition coefficient (Wildman–Crippen LogP) is 1.88. The van der Waals surface area contributed by atoms with Gasteiger partial charge in [-0.05, 0) is 43.9 Å². The van der Waals surface area contributed by atoms with Gasteiger partial charge >= 0.3 is 0 Å². The van der Waals surface area contributed by atoms with Crippen molar-refractivity contribution >= 4 is 5.96 Å². The van der Waals surface area contributed by atoms with Gasteiger partial charge in [0.05, 0.1) is 6.04 Å². The summed E-state index contributed by atoms with van der Waals surface area (Å²) < 4.78 is 0. The lowest BCUT2D eigenvalue weighted by atomic mass is 9.80. The first-order valence-corrected chi connectivity index (χ1v) is 6.25. The summed E-state index contributed by atoms with van der Waals surface area (Å²) in [6.45, 7) is 4.64. The van der Waals surface area contributed by atoms with Crippen LogP contribution < -0.4 is 11.1 Å². The molecule has 2 saturated carbocycles. The van der Waals surface area contributed by atoms with Crippen molar-refractivity contribution in [3.05, 3.63) is 0 Å². The average molecular weight is 209 g/mol. The minimum Gasteiger partial charge on any atom is -0.370 e. The Morgan fingerprint density at radius 2 is 1.93 bits per heavy atom. The number of guanidine groups is 1. The zero-order valence-corrected chi connectivity index (χ0v) is 9.87. The monoisotopic (exact) mass is 209 g/mol. The zero-order chi connectivity index (χ0) is 10.8. The van der Waals surface area contributed by atoms with Gasteiger partial charge in [0.2, 0.25) is 0 Å². The smallest absolute Gasteiger partial charge is 0.189 e. The maximum absolute atomic E-state index is 5.88. The third-order valence-electron chi connectivity index (χ3n) is 3.62. The summed E-state index contributed by atoms with van der Waals surface area (Å²) in [6, 6.07) is 1.07. The molecule has 0 aromatic rings. The van der Waals surface area contributed by atoms with Crippen molar-refractivity contribution in [1.82, 2.24) is 5.32 Å². The highest BCUT2D eigenvalue weighted by Gasteiger charge is 2.26. The van der Waals surface area contributed by atoms with E-state index in [1.165, 1.54) is 32.1 Å². The van der Waals surface area contributed by atoms with Gasteiger partial charge in [0.1, 0.15) is 0 Å². The van der Waals surface area contributed by atoms with Crippen LogP contribution in [0.1, 0.15) is 46.0 Å². The first kappa shape index (κ1) is 10.8. The normalized spacial score (nSPS) is 37.7. The zero-order valence-electron chi connectivity index (χ0n) is 9.87. The second kappa shape index (κ2) is 4.42. The van der Waals surface area contributed by atoms with Gasteiger partial charge in [0.15, 0.2) is 5.96 Å². The third kappa shape index (κ3) is 3.11. The van der Waals surface area contributed by atoms with E-state index in [4.69, 9.17) is 5.73 Å². The van der Waals surface area contributed by atoms with Crippen molar-refractivity contribution in [3.8, 4) is 0 Å². The predicted molar refractivity (Wildman–Crippen MR) is 63.7 cm³/mol. The number of nitrogens with one attached hydrogen (secondary N) is 1. The standard InChI is InChI=1S/C12H23N3/c1-8-3-6-11(9(2)7-8)15-12(13)14-10-4-5-10/h8-11H,3-7H2,1-2H3,(H3,13,14,15). The maximum Gasteiger partial charge on any atom is 0.189 e. The van der Waals surface area contributed by atoms with Crippen LogP contribution in [0.4, 0.5) is 0 Å². The Labute approximate surface area is 92.5 Å². The van der Waals surface area contributed by atoms with E-state index < -0.39 is 0 Å². The Bertz CT molecular complexity index is 245. The second-order valence-corrected chi connectivity index (χ2v) is 5.40. The molecule has 2 fully saturated rings. The van der Waals surface area contributed by atoms with Crippen LogP contribution in [-0.2, 0) is 0 Å². The van der Waals surface area contributed by atoms with Crippen molar-refractivity contribution in [3.63, 3.8) is 0 Å². The average Bonchev–Trinajstić information content (AvgIpc) is 2.94. The minimum absolute atomic E-state index is 0.451. The van der Waals surface area contributed by atoms with E-state index in [-0.39, 0.29) is 0 Å². The molecule has 3 N–H and O–H groups in total. The highest BCUT2D eigenvalue weighted by Crippen LogP contribution is 2.30. The molecule has 3 nitrogen and oxygen atoms in total. The Morgan fingerprint density at radius 1 is 1.20 bits per heavy atom. The summed E-state index contributed by atoms with van der Waals surface area (Å²) in [6.07, 6.45) is 6.32. The Morgan fingerprint density at radius 3 is 2.53 bits per heavy atom. The van der Waals surface area contributed by atoms with Gasteiger partial charge < -0.3 is 11.1 Å². The van der Waals surface area contributed by atoms with Crippen LogP contribution in [0.3, 0.4) is 0 Å². The first-order valence-electron chi connectivity index (χ1n) is 6.25. The molecule has 0 saturated heterocycles. The van der Waals surface area contributed by atoms with E-state index in [0.29, 0.717) is 24.0 Å². The molecule has 0 aromatic carbocycles. The summed E-state index contributed by atoms with van der Waals surface area (Å²) in [7, 11) is 0. The summed E-state index contributed by atoms with van der Waals surface area (Å²) in [4.78, 5) is 4.61. The second-order valence-electron chi connectivity index (χ2n) is 5.40. The van der Waals surface area contributed by atoms with Crippen LogP contribution in [0.25, 0.3) is 0 Å². The molecule has 0 radical (unpaired) electrons.